The van der Waals surface area contributed by atoms with E-state index in [4.69, 9.17) is 0 Å². The van der Waals surface area contributed by atoms with Crippen molar-refractivity contribution in [2.75, 3.05) is 13.1 Å². The molecule has 5 heteroatoms. The number of urea groups is 1. The molecular formula is C17H27N3O2. The average molecular weight is 305 g/mol. The second kappa shape index (κ2) is 6.24. The molecule has 2 rings (SSSR count). The van der Waals surface area contributed by atoms with E-state index in [0.717, 1.165) is 18.4 Å². The molecule has 22 heavy (non-hydrogen) atoms. The molecule has 0 aromatic carbocycles. The molecule has 122 valence electrons. The standard InChI is InChI=1S/C17H27N3O2/c1-16(2,13-7-9-18-10-8-13)12-19-15(21)20-11-5-6-14(20)17(3,4)22/h7-10,14,22H,5-6,11-12H2,1-4H3,(H,19,21)/t14-/m1/s1. The number of aliphatic hydroxyl groups is 1. The van der Waals surface area contributed by atoms with Crippen LogP contribution in [0.25, 0.3) is 0 Å². The number of likely N-dealkylation sites (tertiary alicyclic amines) is 1. The third kappa shape index (κ3) is 3.77. The van der Waals surface area contributed by atoms with Crippen LogP contribution in [0.2, 0.25) is 0 Å². The van der Waals surface area contributed by atoms with Gasteiger partial charge >= 0.3 is 6.03 Å². The van der Waals surface area contributed by atoms with E-state index < -0.39 is 5.60 Å². The Balaban J connectivity index is 1.98. The highest BCUT2D eigenvalue weighted by atomic mass is 16.3. The van der Waals surface area contributed by atoms with E-state index in [1.807, 2.05) is 12.1 Å². The number of carbonyl (C=O) groups is 1. The zero-order chi connectivity index (χ0) is 16.4. The van der Waals surface area contributed by atoms with Crippen LogP contribution in [0.3, 0.4) is 0 Å². The Kier molecular flexibility index (Phi) is 4.75. The van der Waals surface area contributed by atoms with Gasteiger partial charge in [0.15, 0.2) is 0 Å². The van der Waals surface area contributed by atoms with Crippen molar-refractivity contribution in [2.24, 2.45) is 0 Å². The summed E-state index contributed by atoms with van der Waals surface area (Å²) < 4.78 is 0. The van der Waals surface area contributed by atoms with Gasteiger partial charge in [-0.1, -0.05) is 13.8 Å². The highest BCUT2D eigenvalue weighted by Gasteiger charge is 2.38. The van der Waals surface area contributed by atoms with E-state index >= 15 is 0 Å². The summed E-state index contributed by atoms with van der Waals surface area (Å²) in [4.78, 5) is 18.3. The fraction of sp³-hybridized carbons (Fsp3) is 0.647. The number of rotatable bonds is 4. The number of hydrogen-bond donors (Lipinski definition) is 2. The molecule has 1 aromatic heterocycles. The Morgan fingerprint density at radius 3 is 2.59 bits per heavy atom. The van der Waals surface area contributed by atoms with Crippen molar-refractivity contribution in [2.45, 2.75) is 57.6 Å². The van der Waals surface area contributed by atoms with Crippen LogP contribution >= 0.6 is 0 Å². The number of nitrogens with zero attached hydrogens (tertiary/aromatic N) is 2. The molecule has 1 aliphatic heterocycles. The lowest BCUT2D eigenvalue weighted by molar-refractivity contribution is 0.00971. The maximum atomic E-state index is 12.5. The molecule has 1 aliphatic rings. The van der Waals surface area contributed by atoms with E-state index in [0.29, 0.717) is 13.1 Å². The SMILES string of the molecule is CC(C)(CNC(=O)N1CCC[C@@H]1C(C)(C)O)c1ccncc1. The van der Waals surface area contributed by atoms with Crippen LogP contribution in [0.5, 0.6) is 0 Å². The first kappa shape index (κ1) is 16.7. The van der Waals surface area contributed by atoms with Crippen molar-refractivity contribution in [1.29, 1.82) is 0 Å². The molecule has 0 spiro atoms. The van der Waals surface area contributed by atoms with Crippen molar-refractivity contribution in [3.8, 4) is 0 Å². The van der Waals surface area contributed by atoms with E-state index in [-0.39, 0.29) is 17.5 Å². The van der Waals surface area contributed by atoms with Gasteiger partial charge < -0.3 is 15.3 Å². The molecule has 1 fully saturated rings. The van der Waals surface area contributed by atoms with Gasteiger partial charge in [0, 0.05) is 30.9 Å². The van der Waals surface area contributed by atoms with Gasteiger partial charge in [-0.2, -0.15) is 0 Å². The van der Waals surface area contributed by atoms with Gasteiger partial charge in [0.25, 0.3) is 0 Å². The fourth-order valence-corrected chi connectivity index (χ4v) is 3.05. The van der Waals surface area contributed by atoms with Gasteiger partial charge in [-0.3, -0.25) is 4.98 Å². The number of amides is 2. The summed E-state index contributed by atoms with van der Waals surface area (Å²) >= 11 is 0. The first-order valence-electron chi connectivity index (χ1n) is 7.89. The zero-order valence-corrected chi connectivity index (χ0v) is 14.0. The minimum Gasteiger partial charge on any atom is -0.388 e. The highest BCUT2D eigenvalue weighted by Crippen LogP contribution is 2.27. The molecule has 1 aromatic rings. The van der Waals surface area contributed by atoms with Gasteiger partial charge in [0.1, 0.15) is 0 Å². The largest absolute Gasteiger partial charge is 0.388 e. The van der Waals surface area contributed by atoms with Gasteiger partial charge in [-0.05, 0) is 44.4 Å². The summed E-state index contributed by atoms with van der Waals surface area (Å²) in [7, 11) is 0. The molecule has 0 aliphatic carbocycles. The number of pyridine rings is 1. The lowest BCUT2D eigenvalue weighted by atomic mass is 9.85. The van der Waals surface area contributed by atoms with Gasteiger partial charge in [-0.25, -0.2) is 4.79 Å². The summed E-state index contributed by atoms with van der Waals surface area (Å²) in [6.07, 6.45) is 5.33. The Labute approximate surface area is 132 Å². The molecule has 2 N–H and O–H groups in total. The van der Waals surface area contributed by atoms with Crippen LogP contribution < -0.4 is 5.32 Å². The fourth-order valence-electron chi connectivity index (χ4n) is 3.05. The van der Waals surface area contributed by atoms with Crippen molar-refractivity contribution >= 4 is 6.03 Å². The lowest BCUT2D eigenvalue weighted by Gasteiger charge is -2.35. The quantitative estimate of drug-likeness (QED) is 0.897. The Bertz CT molecular complexity index is 508. The van der Waals surface area contributed by atoms with Crippen LogP contribution in [0.15, 0.2) is 24.5 Å². The van der Waals surface area contributed by atoms with Crippen LogP contribution in [-0.2, 0) is 5.41 Å². The molecule has 2 amide bonds. The molecule has 0 saturated carbocycles. The maximum absolute atomic E-state index is 12.5. The minimum atomic E-state index is -0.867. The summed E-state index contributed by atoms with van der Waals surface area (Å²) in [5, 5.41) is 13.2. The van der Waals surface area contributed by atoms with Gasteiger partial charge in [0.2, 0.25) is 0 Å². The van der Waals surface area contributed by atoms with Crippen molar-refractivity contribution < 1.29 is 9.90 Å². The Hall–Kier alpha value is -1.62. The Morgan fingerprint density at radius 1 is 1.36 bits per heavy atom. The van der Waals surface area contributed by atoms with Crippen LogP contribution in [0.4, 0.5) is 4.79 Å². The van der Waals surface area contributed by atoms with Crippen molar-refractivity contribution in [3.05, 3.63) is 30.1 Å². The topological polar surface area (TPSA) is 65.5 Å². The van der Waals surface area contributed by atoms with Crippen molar-refractivity contribution in [1.82, 2.24) is 15.2 Å². The predicted molar refractivity (Wildman–Crippen MR) is 86.7 cm³/mol. The van der Waals surface area contributed by atoms with Gasteiger partial charge in [0.05, 0.1) is 11.6 Å². The maximum Gasteiger partial charge on any atom is 0.317 e. The molecule has 1 saturated heterocycles. The Morgan fingerprint density at radius 2 is 2.00 bits per heavy atom. The van der Waals surface area contributed by atoms with Crippen LogP contribution in [-0.4, -0.2) is 45.8 Å². The molecule has 5 nitrogen and oxygen atoms in total. The minimum absolute atomic E-state index is 0.0910. The molecule has 0 radical (unpaired) electrons. The van der Waals surface area contributed by atoms with E-state index in [9.17, 15) is 9.90 Å². The number of nitrogens with one attached hydrogen (secondary N) is 1. The monoisotopic (exact) mass is 305 g/mol. The summed E-state index contributed by atoms with van der Waals surface area (Å²) in [6, 6.07) is 3.74. The third-order valence-electron chi connectivity index (χ3n) is 4.47. The molecule has 0 bridgehead atoms. The third-order valence-corrected chi connectivity index (χ3v) is 4.47. The molecule has 0 unspecified atom stereocenters. The van der Waals surface area contributed by atoms with E-state index in [1.54, 1.807) is 31.1 Å². The molecular weight excluding hydrogens is 278 g/mol. The second-order valence-electron chi connectivity index (χ2n) is 7.28. The normalized spacial score (nSPS) is 19.3. The zero-order valence-electron chi connectivity index (χ0n) is 14.0. The van der Waals surface area contributed by atoms with E-state index in [2.05, 4.69) is 24.1 Å². The summed E-state index contributed by atoms with van der Waals surface area (Å²) in [5.74, 6) is 0. The van der Waals surface area contributed by atoms with Gasteiger partial charge in [-0.15, -0.1) is 0 Å². The highest BCUT2D eigenvalue weighted by molar-refractivity contribution is 5.75. The van der Waals surface area contributed by atoms with Crippen LogP contribution in [0.1, 0.15) is 46.1 Å². The second-order valence-corrected chi connectivity index (χ2v) is 7.28. The average Bonchev–Trinajstić information content (AvgIpc) is 2.95. The first-order valence-corrected chi connectivity index (χ1v) is 7.89. The number of carbonyl (C=O) groups excluding carboxylic acids is 1. The van der Waals surface area contributed by atoms with Crippen LogP contribution in [0, 0.1) is 0 Å². The molecule has 1 atom stereocenters. The molecule has 2 heterocycles. The summed E-state index contributed by atoms with van der Waals surface area (Å²) in [6.45, 7) is 8.98. The smallest absolute Gasteiger partial charge is 0.317 e. The number of hydrogen-bond acceptors (Lipinski definition) is 3. The predicted octanol–water partition coefficient (Wildman–Crippen LogP) is 2.30. The lowest BCUT2D eigenvalue weighted by Crippen LogP contribution is -2.52. The van der Waals surface area contributed by atoms with Crippen molar-refractivity contribution in [3.63, 3.8) is 0 Å². The van der Waals surface area contributed by atoms with E-state index in [1.165, 1.54) is 0 Å². The summed E-state index contributed by atoms with van der Waals surface area (Å²) in [5.41, 5.74) is 0.111. The first-order chi connectivity index (χ1) is 10.2. The number of aromatic nitrogens is 1.